The van der Waals surface area contributed by atoms with E-state index in [1.807, 2.05) is 13.8 Å². The van der Waals surface area contributed by atoms with Crippen LogP contribution in [0.5, 0.6) is 0 Å². The first-order valence-electron chi connectivity index (χ1n) is 5.48. The Balaban J connectivity index is 2.86. The molecular weight excluding hydrogens is 260 g/mol. The van der Waals surface area contributed by atoms with Gasteiger partial charge in [0, 0.05) is 18.2 Å². The van der Waals surface area contributed by atoms with Gasteiger partial charge in [-0.15, -0.1) is 0 Å². The van der Waals surface area contributed by atoms with Gasteiger partial charge < -0.3 is 10.6 Å². The summed E-state index contributed by atoms with van der Waals surface area (Å²) < 4.78 is 26.4. The fourth-order valence-corrected chi connectivity index (χ4v) is 1.26. The van der Waals surface area contributed by atoms with Crippen molar-refractivity contribution in [3.05, 3.63) is 33.9 Å². The van der Waals surface area contributed by atoms with Crippen molar-refractivity contribution in [2.45, 2.75) is 19.9 Å². The summed E-state index contributed by atoms with van der Waals surface area (Å²) in [5.74, 6) is -2.93. The summed E-state index contributed by atoms with van der Waals surface area (Å²) in [4.78, 5) is 20.9. The van der Waals surface area contributed by atoms with Crippen LogP contribution in [0.3, 0.4) is 0 Å². The number of hydrogen-bond donors (Lipinski definition) is 2. The third-order valence-electron chi connectivity index (χ3n) is 2.18. The number of carbonyl (C=O) groups excluding carboxylic acids is 1. The molecule has 0 saturated heterocycles. The second-order valence-electron chi connectivity index (χ2n) is 4.12. The van der Waals surface area contributed by atoms with Gasteiger partial charge in [0.1, 0.15) is 5.82 Å². The van der Waals surface area contributed by atoms with Crippen molar-refractivity contribution in [1.29, 1.82) is 0 Å². The van der Waals surface area contributed by atoms with Crippen molar-refractivity contribution in [1.82, 2.24) is 5.32 Å². The number of nitrogens with zero attached hydrogens (tertiary/aromatic N) is 1. The van der Waals surface area contributed by atoms with Crippen LogP contribution in [0.15, 0.2) is 12.1 Å². The smallest absolute Gasteiger partial charge is 0.307 e. The molecule has 1 amide bonds. The lowest BCUT2D eigenvalue weighted by molar-refractivity contribution is -0.387. The Labute approximate surface area is 108 Å². The van der Waals surface area contributed by atoms with Crippen molar-refractivity contribution in [2.24, 2.45) is 0 Å². The number of benzene rings is 1. The number of nitrogens with one attached hydrogen (secondary N) is 2. The first-order chi connectivity index (χ1) is 8.81. The summed E-state index contributed by atoms with van der Waals surface area (Å²) >= 11 is 0. The zero-order valence-electron chi connectivity index (χ0n) is 10.4. The molecule has 0 bridgehead atoms. The zero-order valence-corrected chi connectivity index (χ0v) is 10.4. The van der Waals surface area contributed by atoms with E-state index in [1.165, 1.54) is 0 Å². The van der Waals surface area contributed by atoms with Crippen LogP contribution < -0.4 is 10.6 Å². The molecule has 0 saturated carbocycles. The van der Waals surface area contributed by atoms with Crippen molar-refractivity contribution < 1.29 is 18.5 Å². The molecule has 0 spiro atoms. The molecule has 0 aromatic heterocycles. The van der Waals surface area contributed by atoms with Gasteiger partial charge in [-0.25, -0.2) is 4.39 Å². The molecular formula is C11H13F2N3O3. The number of carbonyl (C=O) groups is 1. The van der Waals surface area contributed by atoms with E-state index in [9.17, 15) is 23.7 Å². The highest BCUT2D eigenvalue weighted by atomic mass is 19.1. The molecule has 6 nitrogen and oxygen atoms in total. The minimum absolute atomic E-state index is 0.0538. The Morgan fingerprint density at radius 2 is 2.00 bits per heavy atom. The average Bonchev–Trinajstić information content (AvgIpc) is 2.29. The topological polar surface area (TPSA) is 84.3 Å². The minimum atomic E-state index is -1.29. The maximum atomic E-state index is 13.4. The van der Waals surface area contributed by atoms with E-state index in [0.29, 0.717) is 12.1 Å². The highest BCUT2D eigenvalue weighted by molar-refractivity contribution is 5.92. The summed E-state index contributed by atoms with van der Waals surface area (Å²) in [6.07, 6.45) is 0. The molecule has 1 aromatic carbocycles. The molecule has 104 valence electrons. The largest absolute Gasteiger partial charge is 0.322 e. The maximum absolute atomic E-state index is 13.4. The van der Waals surface area contributed by atoms with Gasteiger partial charge in [-0.1, -0.05) is 13.8 Å². The fraction of sp³-hybridized carbons (Fsp3) is 0.364. The van der Waals surface area contributed by atoms with Crippen LogP contribution in [-0.4, -0.2) is 23.4 Å². The van der Waals surface area contributed by atoms with Gasteiger partial charge in [0.15, 0.2) is 0 Å². The summed E-state index contributed by atoms with van der Waals surface area (Å²) in [6, 6.07) is 1.07. The molecule has 8 heteroatoms. The number of nitro groups is 1. The minimum Gasteiger partial charge on any atom is -0.322 e. The van der Waals surface area contributed by atoms with Gasteiger partial charge in [-0.3, -0.25) is 14.9 Å². The molecule has 19 heavy (non-hydrogen) atoms. The lowest BCUT2D eigenvalue weighted by Gasteiger charge is -2.09. The van der Waals surface area contributed by atoms with Gasteiger partial charge in [0.05, 0.1) is 17.2 Å². The Kier molecular flexibility index (Phi) is 4.87. The third kappa shape index (κ3) is 4.25. The average molecular weight is 273 g/mol. The third-order valence-corrected chi connectivity index (χ3v) is 2.18. The lowest BCUT2D eigenvalue weighted by Crippen LogP contribution is -2.32. The standard InChI is InChI=1S/C11H13F2N3O3/c1-6(2)14-5-11(17)15-9-4-10(16(18)19)8(13)3-7(9)12/h3-4,6,14H,5H2,1-2H3,(H,15,17). The molecule has 2 N–H and O–H groups in total. The summed E-state index contributed by atoms with van der Waals surface area (Å²) in [6.45, 7) is 3.55. The van der Waals surface area contributed by atoms with Crippen molar-refractivity contribution in [3.63, 3.8) is 0 Å². The van der Waals surface area contributed by atoms with Crippen LogP contribution >= 0.6 is 0 Å². The maximum Gasteiger partial charge on any atom is 0.307 e. The van der Waals surface area contributed by atoms with Crippen LogP contribution in [-0.2, 0) is 4.79 Å². The second kappa shape index (κ2) is 6.19. The first-order valence-corrected chi connectivity index (χ1v) is 5.48. The number of amides is 1. The first kappa shape index (κ1) is 15.0. The van der Waals surface area contributed by atoms with E-state index < -0.39 is 33.8 Å². The zero-order chi connectivity index (χ0) is 14.6. The van der Waals surface area contributed by atoms with Crippen LogP contribution in [0.1, 0.15) is 13.8 Å². The number of anilines is 1. The monoisotopic (exact) mass is 273 g/mol. The normalized spacial score (nSPS) is 10.6. The van der Waals surface area contributed by atoms with E-state index in [0.717, 1.165) is 0 Å². The van der Waals surface area contributed by atoms with Crippen LogP contribution in [0.4, 0.5) is 20.2 Å². The molecule has 0 aliphatic heterocycles. The van der Waals surface area contributed by atoms with E-state index in [1.54, 1.807) is 0 Å². The Hall–Kier alpha value is -2.09. The Morgan fingerprint density at radius 3 is 2.53 bits per heavy atom. The van der Waals surface area contributed by atoms with Gasteiger partial charge in [0.25, 0.3) is 0 Å². The van der Waals surface area contributed by atoms with Crippen molar-refractivity contribution in [2.75, 3.05) is 11.9 Å². The molecule has 0 heterocycles. The SMILES string of the molecule is CC(C)NCC(=O)Nc1cc([N+](=O)[O-])c(F)cc1F. The van der Waals surface area contributed by atoms with E-state index in [-0.39, 0.29) is 12.6 Å². The predicted octanol–water partition coefficient (Wildman–Crippen LogP) is 1.81. The number of rotatable bonds is 5. The molecule has 0 aliphatic carbocycles. The van der Waals surface area contributed by atoms with Crippen molar-refractivity contribution in [3.8, 4) is 0 Å². The summed E-state index contributed by atoms with van der Waals surface area (Å²) in [5, 5.41) is 15.4. The molecule has 1 rings (SSSR count). The Morgan fingerprint density at radius 1 is 1.37 bits per heavy atom. The summed E-state index contributed by atoms with van der Waals surface area (Å²) in [5.41, 5.74) is -1.32. The molecule has 0 atom stereocenters. The van der Waals surface area contributed by atoms with Gasteiger partial charge in [-0.05, 0) is 0 Å². The molecule has 0 unspecified atom stereocenters. The quantitative estimate of drug-likeness (QED) is 0.633. The molecule has 1 aromatic rings. The van der Waals surface area contributed by atoms with E-state index in [2.05, 4.69) is 10.6 Å². The molecule has 0 fully saturated rings. The Bertz CT molecular complexity index is 506. The van der Waals surface area contributed by atoms with Crippen LogP contribution in [0.25, 0.3) is 0 Å². The number of halogens is 2. The van der Waals surface area contributed by atoms with Crippen LogP contribution in [0.2, 0.25) is 0 Å². The van der Waals surface area contributed by atoms with Gasteiger partial charge in [-0.2, -0.15) is 4.39 Å². The second-order valence-corrected chi connectivity index (χ2v) is 4.12. The van der Waals surface area contributed by atoms with Crippen LogP contribution in [0, 0.1) is 21.7 Å². The molecule has 0 radical (unpaired) electrons. The molecule has 0 aliphatic rings. The van der Waals surface area contributed by atoms with Crippen molar-refractivity contribution >= 4 is 17.3 Å². The van der Waals surface area contributed by atoms with Gasteiger partial charge in [0.2, 0.25) is 11.7 Å². The summed E-state index contributed by atoms with van der Waals surface area (Å²) in [7, 11) is 0. The number of hydrogen-bond acceptors (Lipinski definition) is 4. The highest BCUT2D eigenvalue weighted by Gasteiger charge is 2.19. The van der Waals surface area contributed by atoms with E-state index >= 15 is 0 Å². The van der Waals surface area contributed by atoms with Gasteiger partial charge >= 0.3 is 5.69 Å². The fourth-order valence-electron chi connectivity index (χ4n) is 1.26. The predicted molar refractivity (Wildman–Crippen MR) is 64.8 cm³/mol. The lowest BCUT2D eigenvalue weighted by atomic mass is 10.2. The number of nitro benzene ring substituents is 1. The highest BCUT2D eigenvalue weighted by Crippen LogP contribution is 2.24. The van der Waals surface area contributed by atoms with E-state index in [4.69, 9.17) is 0 Å².